The van der Waals surface area contributed by atoms with Gasteiger partial charge in [-0.1, -0.05) is 113 Å². The number of allylic oxidation sites excluding steroid dienone is 1. The second-order valence-electron chi connectivity index (χ2n) is 12.6. The molecule has 0 aliphatic rings. The summed E-state index contributed by atoms with van der Waals surface area (Å²) < 4.78 is 43.8. The lowest BCUT2D eigenvalue weighted by molar-refractivity contribution is -0.167. The molecule has 3 N–H and O–H groups in total. The van der Waals surface area contributed by atoms with E-state index in [1.807, 2.05) is 0 Å². The Morgan fingerprint density at radius 1 is 0.898 bits per heavy atom. The van der Waals surface area contributed by atoms with Crippen molar-refractivity contribution < 1.29 is 42.1 Å². The zero-order chi connectivity index (χ0) is 36.3. The molecule has 0 aliphatic carbocycles. The third-order valence-corrected chi connectivity index (χ3v) is 10.5. The average Bonchev–Trinajstić information content (AvgIpc) is 3.07. The number of unbranched alkanes of at least 4 members (excludes halogenated alkanes) is 8. The Bertz CT molecular complexity index is 1460. The number of nitrogens with one attached hydrogen (secondary N) is 1. The number of carbonyl (C=O) groups is 3. The predicted molar refractivity (Wildman–Crippen MR) is 190 cm³/mol. The fourth-order valence-corrected chi connectivity index (χ4v) is 7.28. The molecule has 272 valence electrons. The lowest BCUT2D eigenvalue weighted by Gasteiger charge is -2.30. The van der Waals surface area contributed by atoms with Crippen LogP contribution in [0.2, 0.25) is 0 Å². The maximum atomic E-state index is 14.2. The minimum atomic E-state index is -3.06. The lowest BCUT2D eigenvalue weighted by atomic mass is 9.82. The third-order valence-electron chi connectivity index (χ3n) is 8.64. The molecule has 0 bridgehead atoms. The first-order valence-corrected chi connectivity index (χ1v) is 19.3. The minimum absolute atomic E-state index is 0.0141. The van der Waals surface area contributed by atoms with Crippen molar-refractivity contribution >= 4 is 27.7 Å². The number of sulfone groups is 1. The van der Waals surface area contributed by atoms with Crippen LogP contribution in [-0.2, 0) is 35.4 Å². The van der Waals surface area contributed by atoms with Crippen LogP contribution in [0.4, 0.5) is 4.39 Å². The molecule has 49 heavy (non-hydrogen) atoms. The maximum Gasteiger partial charge on any atom is 0.336 e. The van der Waals surface area contributed by atoms with Crippen molar-refractivity contribution in [3.05, 3.63) is 72.1 Å². The van der Waals surface area contributed by atoms with Crippen LogP contribution in [0.15, 0.2) is 60.7 Å². The van der Waals surface area contributed by atoms with E-state index in [2.05, 4.69) is 12.2 Å². The van der Waals surface area contributed by atoms with Crippen LogP contribution >= 0.6 is 0 Å². The second-order valence-corrected chi connectivity index (χ2v) is 14.9. The molecule has 0 fully saturated rings. The lowest BCUT2D eigenvalue weighted by Crippen LogP contribution is -2.54. The minimum Gasteiger partial charge on any atom is -0.479 e. The van der Waals surface area contributed by atoms with E-state index in [4.69, 9.17) is 4.74 Å². The number of methoxy groups -OCH3 is 1. The molecule has 0 aliphatic heterocycles. The number of carboxylic acid groups (broad SMARTS) is 1. The summed E-state index contributed by atoms with van der Waals surface area (Å²) in [6.45, 7) is 3.81. The number of amides is 1. The first-order valence-electron chi connectivity index (χ1n) is 17.4. The van der Waals surface area contributed by atoms with E-state index in [1.54, 1.807) is 55.5 Å². The zero-order valence-electron chi connectivity index (χ0n) is 29.2. The number of aliphatic hydroxyl groups is 1. The molecule has 0 spiro atoms. The van der Waals surface area contributed by atoms with Gasteiger partial charge in [-0.05, 0) is 49.3 Å². The van der Waals surface area contributed by atoms with E-state index in [9.17, 15) is 37.4 Å². The van der Waals surface area contributed by atoms with Gasteiger partial charge in [0.2, 0.25) is 5.91 Å². The van der Waals surface area contributed by atoms with Crippen LogP contribution in [0, 0.1) is 11.7 Å². The Morgan fingerprint density at radius 2 is 1.51 bits per heavy atom. The molecule has 2 aromatic carbocycles. The van der Waals surface area contributed by atoms with E-state index in [1.165, 1.54) is 19.3 Å². The number of carboxylic acids is 1. The number of rotatable bonds is 24. The van der Waals surface area contributed by atoms with Gasteiger partial charge in [0.05, 0.1) is 24.5 Å². The molecule has 0 saturated carbocycles. The molecule has 0 aromatic heterocycles. The van der Waals surface area contributed by atoms with Crippen LogP contribution in [0.25, 0.3) is 11.1 Å². The first-order chi connectivity index (χ1) is 23.4. The van der Waals surface area contributed by atoms with Crippen LogP contribution in [0.5, 0.6) is 0 Å². The number of aliphatic carboxylic acids is 1. The van der Waals surface area contributed by atoms with Gasteiger partial charge in [-0.15, -0.1) is 0 Å². The van der Waals surface area contributed by atoms with Crippen molar-refractivity contribution in [1.29, 1.82) is 0 Å². The maximum absolute atomic E-state index is 14.2. The molecule has 0 unspecified atom stereocenters. The van der Waals surface area contributed by atoms with Crippen LogP contribution in [0.3, 0.4) is 0 Å². The van der Waals surface area contributed by atoms with Crippen molar-refractivity contribution in [3.63, 3.8) is 0 Å². The highest BCUT2D eigenvalue weighted by atomic mass is 32.2. The van der Waals surface area contributed by atoms with Gasteiger partial charge in [-0.25, -0.2) is 22.4 Å². The van der Waals surface area contributed by atoms with Crippen molar-refractivity contribution in [1.82, 2.24) is 5.32 Å². The largest absolute Gasteiger partial charge is 0.479 e. The summed E-state index contributed by atoms with van der Waals surface area (Å²) in [5.74, 6) is -4.62. The standard InChI is InChI=1S/C38H54FNO8S/c1-4-6-7-11-16-26-49(46,47)27-17-12-9-8-10-13-19-32(38(45,25-5-2)37(43)44)35(41)40-34(36(42)48-3)28-29-21-23-30(24-22-29)31-18-14-15-20-33(31)39/h13-15,18-24,32,34,45H,4-12,16-17,25-28H2,1-3H3,(H,40,41)(H,43,44)/t32-,34+,38+/m1/s1. The predicted octanol–water partition coefficient (Wildman–Crippen LogP) is 6.82. The quantitative estimate of drug-likeness (QED) is 0.0614. The molecule has 11 heteroatoms. The van der Waals surface area contributed by atoms with Crippen LogP contribution in [-0.4, -0.2) is 66.7 Å². The van der Waals surface area contributed by atoms with Gasteiger partial charge in [-0.2, -0.15) is 0 Å². The van der Waals surface area contributed by atoms with Crippen LogP contribution < -0.4 is 5.32 Å². The monoisotopic (exact) mass is 703 g/mol. The van der Waals surface area contributed by atoms with E-state index in [0.717, 1.165) is 38.5 Å². The van der Waals surface area contributed by atoms with Crippen molar-refractivity contribution in [2.45, 2.75) is 109 Å². The summed E-state index contributed by atoms with van der Waals surface area (Å²) in [6, 6.07) is 12.0. The average molecular weight is 704 g/mol. The molecule has 2 rings (SSSR count). The number of hydrogen-bond acceptors (Lipinski definition) is 7. The number of esters is 1. The highest BCUT2D eigenvalue weighted by molar-refractivity contribution is 7.91. The van der Waals surface area contributed by atoms with E-state index >= 15 is 0 Å². The van der Waals surface area contributed by atoms with Gasteiger partial charge in [0, 0.05) is 12.0 Å². The van der Waals surface area contributed by atoms with Gasteiger partial charge in [0.15, 0.2) is 5.60 Å². The zero-order valence-corrected chi connectivity index (χ0v) is 30.0. The molecule has 9 nitrogen and oxygen atoms in total. The summed E-state index contributed by atoms with van der Waals surface area (Å²) in [4.78, 5) is 38.6. The van der Waals surface area contributed by atoms with Gasteiger partial charge < -0.3 is 20.3 Å². The highest BCUT2D eigenvalue weighted by Gasteiger charge is 2.46. The SMILES string of the molecule is CCCCCCCS(=O)(=O)CCCCCCC=C[C@H](C(=O)N[C@@H](Cc1ccc(-c2ccccc2F)cc1)C(=O)OC)[C@@](O)(CCC)C(=O)O. The van der Waals surface area contributed by atoms with E-state index < -0.39 is 45.2 Å². The van der Waals surface area contributed by atoms with Crippen molar-refractivity contribution in [2.24, 2.45) is 5.92 Å². The number of benzene rings is 2. The summed E-state index contributed by atoms with van der Waals surface area (Å²) in [5, 5.41) is 23.8. The fourth-order valence-electron chi connectivity index (χ4n) is 5.79. The highest BCUT2D eigenvalue weighted by Crippen LogP contribution is 2.27. The molecule has 3 atom stereocenters. The normalized spacial score (nSPS) is 14.2. The second kappa shape index (κ2) is 21.5. The van der Waals surface area contributed by atoms with Crippen molar-refractivity contribution in [2.75, 3.05) is 18.6 Å². The number of halogens is 1. The molecule has 2 aromatic rings. The molecule has 1 amide bonds. The summed E-state index contributed by atoms with van der Waals surface area (Å²) in [6.07, 6.45) is 11.3. The third kappa shape index (κ3) is 14.1. The molecule has 0 saturated heterocycles. The Labute approximate surface area is 291 Å². The Kier molecular flexibility index (Phi) is 18.3. The Hall–Kier alpha value is -3.57. The van der Waals surface area contributed by atoms with Crippen LogP contribution in [0.1, 0.15) is 96.5 Å². The Morgan fingerprint density at radius 3 is 2.08 bits per heavy atom. The fraction of sp³-hybridized carbons (Fsp3) is 0.553. The smallest absolute Gasteiger partial charge is 0.336 e. The summed E-state index contributed by atoms with van der Waals surface area (Å²) in [7, 11) is -1.88. The van der Waals surface area contributed by atoms with Gasteiger partial charge in [0.25, 0.3) is 0 Å². The molecular formula is C38H54FNO8S. The number of carbonyl (C=O) groups excluding carboxylic acids is 2. The van der Waals surface area contributed by atoms with E-state index in [-0.39, 0.29) is 36.6 Å². The number of hydrogen-bond donors (Lipinski definition) is 3. The molecule has 0 radical (unpaired) electrons. The van der Waals surface area contributed by atoms with Gasteiger partial charge >= 0.3 is 11.9 Å². The van der Waals surface area contributed by atoms with Crippen molar-refractivity contribution in [3.8, 4) is 11.1 Å². The van der Waals surface area contributed by atoms with Gasteiger partial charge in [-0.3, -0.25) is 4.79 Å². The summed E-state index contributed by atoms with van der Waals surface area (Å²) in [5.41, 5.74) is -0.719. The van der Waals surface area contributed by atoms with E-state index in [0.29, 0.717) is 42.4 Å². The number of ether oxygens (including phenoxy) is 1. The molecular weight excluding hydrogens is 649 g/mol. The topological polar surface area (TPSA) is 147 Å². The Balaban J connectivity index is 2.05. The molecule has 0 heterocycles. The summed E-state index contributed by atoms with van der Waals surface area (Å²) >= 11 is 0. The van der Waals surface area contributed by atoms with Gasteiger partial charge in [0.1, 0.15) is 21.7 Å². The first kappa shape index (κ1) is 41.6.